The van der Waals surface area contributed by atoms with Crippen LogP contribution in [0.15, 0.2) is 42.6 Å². The lowest BCUT2D eigenvalue weighted by molar-refractivity contribution is -0.117. The Morgan fingerprint density at radius 2 is 1.79 bits per heavy atom. The summed E-state index contributed by atoms with van der Waals surface area (Å²) < 4.78 is 1.87. The van der Waals surface area contributed by atoms with Crippen LogP contribution in [0.25, 0.3) is 11.0 Å². The van der Waals surface area contributed by atoms with Gasteiger partial charge in [0.15, 0.2) is 5.65 Å². The lowest BCUT2D eigenvalue weighted by atomic mass is 10.0. The maximum Gasteiger partial charge on any atom is 0.252 e. The SMILES string of the molecule is CC(C)c1cc(C(=O)NC2CCN(CC(=O)Nc3ccccc3)CC2)c2cnn(C(C)C)c2n1. The smallest absolute Gasteiger partial charge is 0.252 e. The van der Waals surface area contributed by atoms with Crippen molar-refractivity contribution in [2.24, 2.45) is 0 Å². The number of likely N-dealkylation sites (tertiary alicyclic amines) is 1. The van der Waals surface area contributed by atoms with E-state index in [4.69, 9.17) is 4.98 Å². The molecule has 1 aromatic carbocycles. The van der Waals surface area contributed by atoms with Crippen molar-refractivity contribution in [2.75, 3.05) is 25.0 Å². The third-order valence-corrected chi connectivity index (χ3v) is 6.26. The van der Waals surface area contributed by atoms with Crippen molar-refractivity contribution in [3.63, 3.8) is 0 Å². The molecule has 8 heteroatoms. The molecule has 2 amide bonds. The molecule has 1 aliphatic rings. The average molecular weight is 463 g/mol. The monoisotopic (exact) mass is 462 g/mol. The van der Waals surface area contributed by atoms with E-state index in [1.54, 1.807) is 6.20 Å². The van der Waals surface area contributed by atoms with Crippen molar-refractivity contribution in [1.82, 2.24) is 25.0 Å². The molecule has 34 heavy (non-hydrogen) atoms. The summed E-state index contributed by atoms with van der Waals surface area (Å²) in [7, 11) is 0. The first-order valence-electron chi connectivity index (χ1n) is 12.1. The molecule has 2 aromatic heterocycles. The summed E-state index contributed by atoms with van der Waals surface area (Å²) >= 11 is 0. The normalized spacial score (nSPS) is 15.2. The number of hydrogen-bond donors (Lipinski definition) is 2. The summed E-state index contributed by atoms with van der Waals surface area (Å²) in [4.78, 5) is 32.6. The number of fused-ring (bicyclic) bond motifs is 1. The minimum Gasteiger partial charge on any atom is -0.349 e. The van der Waals surface area contributed by atoms with E-state index in [0.717, 1.165) is 48.3 Å². The van der Waals surface area contributed by atoms with Crippen molar-refractivity contribution < 1.29 is 9.59 Å². The first-order chi connectivity index (χ1) is 16.3. The highest BCUT2D eigenvalue weighted by Crippen LogP contribution is 2.25. The molecule has 3 heterocycles. The van der Waals surface area contributed by atoms with Crippen LogP contribution in [0.3, 0.4) is 0 Å². The zero-order chi connectivity index (χ0) is 24.2. The number of carbonyl (C=O) groups is 2. The number of pyridine rings is 1. The molecule has 4 rings (SSSR count). The Kier molecular flexibility index (Phi) is 7.26. The second kappa shape index (κ2) is 10.3. The summed E-state index contributed by atoms with van der Waals surface area (Å²) in [6.07, 6.45) is 3.36. The van der Waals surface area contributed by atoms with E-state index in [9.17, 15) is 9.59 Å². The van der Waals surface area contributed by atoms with Crippen LogP contribution < -0.4 is 10.6 Å². The number of piperidine rings is 1. The summed E-state index contributed by atoms with van der Waals surface area (Å²) in [5.41, 5.74) is 3.08. The quantitative estimate of drug-likeness (QED) is 0.554. The second-order valence-corrected chi connectivity index (χ2v) is 9.61. The van der Waals surface area contributed by atoms with Crippen LogP contribution >= 0.6 is 0 Å². The average Bonchev–Trinajstić information content (AvgIpc) is 3.24. The van der Waals surface area contributed by atoms with Gasteiger partial charge in [0.1, 0.15) is 0 Å². The number of rotatable bonds is 7. The highest BCUT2D eigenvalue weighted by Gasteiger charge is 2.25. The minimum atomic E-state index is -0.0853. The molecule has 2 N–H and O–H groups in total. The zero-order valence-corrected chi connectivity index (χ0v) is 20.4. The number of carbonyl (C=O) groups excluding carboxylic acids is 2. The number of para-hydroxylation sites is 1. The van der Waals surface area contributed by atoms with Crippen molar-refractivity contribution in [3.05, 3.63) is 53.9 Å². The third-order valence-electron chi connectivity index (χ3n) is 6.26. The fourth-order valence-corrected chi connectivity index (χ4v) is 4.32. The molecule has 1 saturated heterocycles. The van der Waals surface area contributed by atoms with Gasteiger partial charge in [-0.2, -0.15) is 5.10 Å². The Bertz CT molecular complexity index is 1150. The van der Waals surface area contributed by atoms with E-state index in [1.165, 1.54) is 0 Å². The van der Waals surface area contributed by atoms with Crippen molar-refractivity contribution in [2.45, 2.75) is 58.5 Å². The highest BCUT2D eigenvalue weighted by molar-refractivity contribution is 6.05. The van der Waals surface area contributed by atoms with Gasteiger partial charge in [-0.1, -0.05) is 32.0 Å². The van der Waals surface area contributed by atoms with Crippen LogP contribution in [0.2, 0.25) is 0 Å². The third kappa shape index (κ3) is 5.44. The number of amides is 2. The first-order valence-corrected chi connectivity index (χ1v) is 12.1. The molecule has 1 aliphatic heterocycles. The molecule has 180 valence electrons. The zero-order valence-electron chi connectivity index (χ0n) is 20.4. The highest BCUT2D eigenvalue weighted by atomic mass is 16.2. The number of nitrogens with one attached hydrogen (secondary N) is 2. The molecule has 0 spiro atoms. The van der Waals surface area contributed by atoms with Gasteiger partial charge in [-0.25, -0.2) is 9.67 Å². The maximum absolute atomic E-state index is 13.3. The number of hydrogen-bond acceptors (Lipinski definition) is 5. The van der Waals surface area contributed by atoms with Crippen LogP contribution in [-0.2, 0) is 4.79 Å². The van der Waals surface area contributed by atoms with Gasteiger partial charge < -0.3 is 10.6 Å². The predicted octanol–water partition coefficient (Wildman–Crippen LogP) is 3.97. The lowest BCUT2D eigenvalue weighted by Gasteiger charge is -2.32. The molecular weight excluding hydrogens is 428 g/mol. The van der Waals surface area contributed by atoms with Gasteiger partial charge in [0.05, 0.1) is 23.7 Å². The van der Waals surface area contributed by atoms with Crippen molar-refractivity contribution in [1.29, 1.82) is 0 Å². The second-order valence-electron chi connectivity index (χ2n) is 9.61. The van der Waals surface area contributed by atoms with Crippen molar-refractivity contribution >= 4 is 28.5 Å². The molecule has 0 aliphatic carbocycles. The standard InChI is InChI=1S/C26H34N6O2/c1-17(2)23-14-21(22-15-27-32(18(3)4)25(22)30-23)26(34)29-20-10-12-31(13-11-20)16-24(33)28-19-8-6-5-7-9-19/h5-9,14-15,17-18,20H,10-13,16H2,1-4H3,(H,28,33)(H,29,34). The topological polar surface area (TPSA) is 92.2 Å². The van der Waals surface area contributed by atoms with Gasteiger partial charge in [0.25, 0.3) is 5.91 Å². The maximum atomic E-state index is 13.3. The summed E-state index contributed by atoms with van der Waals surface area (Å²) in [5.74, 6) is 0.103. The Hall–Kier alpha value is -3.26. The molecule has 0 saturated carbocycles. The van der Waals surface area contributed by atoms with Gasteiger partial charge in [0, 0.05) is 36.6 Å². The van der Waals surface area contributed by atoms with Crippen LogP contribution in [0, 0.1) is 0 Å². The van der Waals surface area contributed by atoms with E-state index < -0.39 is 0 Å². The van der Waals surface area contributed by atoms with Gasteiger partial charge in [-0.15, -0.1) is 0 Å². The Morgan fingerprint density at radius 1 is 1.09 bits per heavy atom. The van der Waals surface area contributed by atoms with E-state index >= 15 is 0 Å². The van der Waals surface area contributed by atoms with E-state index in [1.807, 2.05) is 41.1 Å². The van der Waals surface area contributed by atoms with Crippen molar-refractivity contribution in [3.8, 4) is 0 Å². The lowest BCUT2D eigenvalue weighted by Crippen LogP contribution is -2.46. The van der Waals surface area contributed by atoms with Crippen LogP contribution in [0.1, 0.15) is 68.5 Å². The van der Waals surface area contributed by atoms with Crippen LogP contribution in [0.4, 0.5) is 5.69 Å². The molecule has 0 atom stereocenters. The molecule has 3 aromatic rings. The number of nitrogens with zero attached hydrogens (tertiary/aromatic N) is 4. The summed E-state index contributed by atoms with van der Waals surface area (Å²) in [6, 6.07) is 11.6. The molecular formula is C26H34N6O2. The largest absolute Gasteiger partial charge is 0.349 e. The fourth-order valence-electron chi connectivity index (χ4n) is 4.32. The van der Waals surface area contributed by atoms with Gasteiger partial charge in [-0.3, -0.25) is 14.5 Å². The molecule has 0 unspecified atom stereocenters. The molecule has 8 nitrogen and oxygen atoms in total. The number of anilines is 1. The Morgan fingerprint density at radius 3 is 2.44 bits per heavy atom. The van der Waals surface area contributed by atoms with Crippen LogP contribution in [0.5, 0.6) is 0 Å². The van der Waals surface area contributed by atoms with E-state index in [-0.39, 0.29) is 29.8 Å². The van der Waals surface area contributed by atoms with Gasteiger partial charge >= 0.3 is 0 Å². The van der Waals surface area contributed by atoms with Gasteiger partial charge in [-0.05, 0) is 50.8 Å². The van der Waals surface area contributed by atoms with E-state index in [2.05, 4.69) is 48.3 Å². The first kappa shape index (κ1) is 23.9. The molecule has 0 bridgehead atoms. The Labute approximate surface area is 200 Å². The fraction of sp³-hybridized carbons (Fsp3) is 0.462. The summed E-state index contributed by atoms with van der Waals surface area (Å²) in [5, 5.41) is 11.4. The number of aromatic nitrogens is 3. The Balaban J connectivity index is 1.38. The van der Waals surface area contributed by atoms with Gasteiger partial charge in [0.2, 0.25) is 5.91 Å². The summed E-state index contributed by atoms with van der Waals surface area (Å²) in [6.45, 7) is 10.2. The van der Waals surface area contributed by atoms with E-state index in [0.29, 0.717) is 12.1 Å². The molecule has 1 fully saturated rings. The molecule has 0 radical (unpaired) electrons. The number of benzene rings is 1. The minimum absolute atomic E-state index is 0.0174. The predicted molar refractivity (Wildman–Crippen MR) is 134 cm³/mol. The van der Waals surface area contributed by atoms with Crippen LogP contribution in [-0.4, -0.2) is 57.2 Å².